The maximum atomic E-state index is 11.4. The van der Waals surface area contributed by atoms with Gasteiger partial charge in [-0.15, -0.1) is 0 Å². The van der Waals surface area contributed by atoms with E-state index in [4.69, 9.17) is 10.5 Å². The van der Waals surface area contributed by atoms with E-state index in [1.165, 1.54) is 0 Å². The summed E-state index contributed by atoms with van der Waals surface area (Å²) in [6.45, 7) is 2.59. The Morgan fingerprint density at radius 3 is 2.71 bits per heavy atom. The summed E-state index contributed by atoms with van der Waals surface area (Å²) in [6.07, 6.45) is 3.80. The van der Waals surface area contributed by atoms with Crippen molar-refractivity contribution in [1.29, 1.82) is 0 Å². The molecule has 0 saturated heterocycles. The Morgan fingerprint density at radius 2 is 2.14 bits per heavy atom. The molecule has 0 aliphatic heterocycles. The molecule has 0 aromatic heterocycles. The zero-order chi connectivity index (χ0) is 10.6. The summed E-state index contributed by atoms with van der Waals surface area (Å²) in [5, 5.41) is 0. The summed E-state index contributed by atoms with van der Waals surface area (Å²) in [5.74, 6) is 0. The number of hydrogen-bond acceptors (Lipinski definition) is 3. The minimum absolute atomic E-state index is 0.0259. The molecule has 14 heavy (non-hydrogen) atoms. The first kappa shape index (κ1) is 11.3. The lowest BCUT2D eigenvalue weighted by molar-refractivity contribution is 0.0416. The van der Waals surface area contributed by atoms with Gasteiger partial charge in [0, 0.05) is 19.6 Å². The van der Waals surface area contributed by atoms with Crippen molar-refractivity contribution in [2.24, 2.45) is 5.73 Å². The Hall–Kier alpha value is -0.770. The van der Waals surface area contributed by atoms with Crippen molar-refractivity contribution in [2.75, 3.05) is 13.6 Å². The molecule has 4 nitrogen and oxygen atoms in total. The van der Waals surface area contributed by atoms with E-state index in [9.17, 15) is 4.79 Å². The normalized spacial score (nSPS) is 27.1. The summed E-state index contributed by atoms with van der Waals surface area (Å²) in [4.78, 5) is 13.0. The second-order valence-electron chi connectivity index (χ2n) is 3.88. The molecule has 0 aromatic rings. The van der Waals surface area contributed by atoms with E-state index in [-0.39, 0.29) is 18.2 Å². The molecule has 2 unspecified atom stereocenters. The van der Waals surface area contributed by atoms with Crippen LogP contribution >= 0.6 is 0 Å². The molecule has 0 bridgehead atoms. The quantitative estimate of drug-likeness (QED) is 0.732. The van der Waals surface area contributed by atoms with Crippen molar-refractivity contribution in [3.63, 3.8) is 0 Å². The van der Waals surface area contributed by atoms with E-state index in [2.05, 4.69) is 0 Å². The first-order valence-corrected chi connectivity index (χ1v) is 5.32. The van der Waals surface area contributed by atoms with Gasteiger partial charge in [0.25, 0.3) is 0 Å². The van der Waals surface area contributed by atoms with Crippen molar-refractivity contribution >= 4 is 6.09 Å². The van der Waals surface area contributed by atoms with Crippen LogP contribution in [0.5, 0.6) is 0 Å². The second kappa shape index (κ2) is 5.20. The van der Waals surface area contributed by atoms with E-state index in [0.29, 0.717) is 6.54 Å². The zero-order valence-electron chi connectivity index (χ0n) is 9.03. The third-order valence-corrected chi connectivity index (χ3v) is 2.79. The maximum Gasteiger partial charge on any atom is 0.409 e. The van der Waals surface area contributed by atoms with Crippen LogP contribution in [-0.2, 0) is 4.74 Å². The number of ether oxygens (including phenoxy) is 1. The predicted molar refractivity (Wildman–Crippen MR) is 55.0 cm³/mol. The molecule has 1 saturated carbocycles. The average molecular weight is 200 g/mol. The Balaban J connectivity index is 2.38. The molecule has 1 amide bonds. The van der Waals surface area contributed by atoms with Crippen molar-refractivity contribution in [1.82, 2.24) is 4.90 Å². The molecular weight excluding hydrogens is 180 g/mol. The Bertz CT molecular complexity index is 197. The van der Waals surface area contributed by atoms with Crippen LogP contribution in [0, 0.1) is 0 Å². The highest BCUT2D eigenvalue weighted by Crippen LogP contribution is 2.20. The van der Waals surface area contributed by atoms with E-state index >= 15 is 0 Å². The van der Waals surface area contributed by atoms with Crippen LogP contribution in [0.15, 0.2) is 0 Å². The number of carbonyl (C=O) groups is 1. The molecule has 1 aliphatic carbocycles. The third-order valence-electron chi connectivity index (χ3n) is 2.79. The van der Waals surface area contributed by atoms with Crippen molar-refractivity contribution < 1.29 is 9.53 Å². The first-order valence-electron chi connectivity index (χ1n) is 5.32. The van der Waals surface area contributed by atoms with Crippen LogP contribution in [0.3, 0.4) is 0 Å². The van der Waals surface area contributed by atoms with Crippen LogP contribution in [0.4, 0.5) is 4.79 Å². The Labute approximate surface area is 85.4 Å². The number of rotatable bonds is 2. The lowest BCUT2D eigenvalue weighted by Crippen LogP contribution is -2.43. The average Bonchev–Trinajstić information content (AvgIpc) is 2.20. The standard InChI is InChI=1S/C10H20N2O2/c1-3-12(2)10(13)14-9-7-5-4-6-8(9)11/h8-9H,3-7,11H2,1-2H3. The molecule has 0 spiro atoms. The summed E-state index contributed by atoms with van der Waals surface area (Å²) in [7, 11) is 1.73. The second-order valence-corrected chi connectivity index (χ2v) is 3.88. The van der Waals surface area contributed by atoms with Crippen LogP contribution in [0.1, 0.15) is 32.6 Å². The van der Waals surface area contributed by atoms with Crippen LogP contribution < -0.4 is 5.73 Å². The summed E-state index contributed by atoms with van der Waals surface area (Å²) >= 11 is 0. The monoisotopic (exact) mass is 200 g/mol. The van der Waals surface area contributed by atoms with Crippen LogP contribution in [0.2, 0.25) is 0 Å². The van der Waals surface area contributed by atoms with E-state index < -0.39 is 0 Å². The zero-order valence-corrected chi connectivity index (χ0v) is 9.03. The summed E-state index contributed by atoms with van der Waals surface area (Å²) in [6, 6.07) is 0.0259. The fraction of sp³-hybridized carbons (Fsp3) is 0.900. The van der Waals surface area contributed by atoms with Gasteiger partial charge in [-0.2, -0.15) is 0 Å². The fourth-order valence-corrected chi connectivity index (χ4v) is 1.62. The Kier molecular flexibility index (Phi) is 4.20. The van der Waals surface area contributed by atoms with Crippen molar-refractivity contribution in [3.8, 4) is 0 Å². The molecule has 1 aliphatic rings. The van der Waals surface area contributed by atoms with Gasteiger partial charge >= 0.3 is 6.09 Å². The molecule has 1 rings (SSSR count). The van der Waals surface area contributed by atoms with Crippen molar-refractivity contribution in [3.05, 3.63) is 0 Å². The van der Waals surface area contributed by atoms with Crippen LogP contribution in [0.25, 0.3) is 0 Å². The SMILES string of the molecule is CCN(C)C(=O)OC1CCCCC1N. The predicted octanol–water partition coefficient (Wildman–Crippen LogP) is 1.34. The topological polar surface area (TPSA) is 55.6 Å². The molecule has 82 valence electrons. The van der Waals surface area contributed by atoms with Gasteiger partial charge in [-0.05, 0) is 26.2 Å². The lowest BCUT2D eigenvalue weighted by Gasteiger charge is -2.29. The molecule has 2 N–H and O–H groups in total. The van der Waals surface area contributed by atoms with Gasteiger partial charge in [-0.1, -0.05) is 6.42 Å². The minimum Gasteiger partial charge on any atom is -0.444 e. The highest BCUT2D eigenvalue weighted by Gasteiger charge is 2.25. The van der Waals surface area contributed by atoms with Gasteiger partial charge in [-0.25, -0.2) is 4.79 Å². The van der Waals surface area contributed by atoms with Gasteiger partial charge in [0.05, 0.1) is 0 Å². The van der Waals surface area contributed by atoms with Gasteiger partial charge in [0.15, 0.2) is 0 Å². The van der Waals surface area contributed by atoms with Gasteiger partial charge in [-0.3, -0.25) is 0 Å². The molecule has 2 atom stereocenters. The summed E-state index contributed by atoms with van der Waals surface area (Å²) in [5.41, 5.74) is 5.87. The minimum atomic E-state index is -0.255. The summed E-state index contributed by atoms with van der Waals surface area (Å²) < 4.78 is 5.32. The van der Waals surface area contributed by atoms with Gasteiger partial charge < -0.3 is 15.4 Å². The number of amides is 1. The van der Waals surface area contributed by atoms with E-state index in [1.807, 2.05) is 6.92 Å². The van der Waals surface area contributed by atoms with Crippen LogP contribution in [-0.4, -0.2) is 36.7 Å². The highest BCUT2D eigenvalue weighted by molar-refractivity contribution is 5.67. The highest BCUT2D eigenvalue weighted by atomic mass is 16.6. The third kappa shape index (κ3) is 2.87. The number of carbonyl (C=O) groups excluding carboxylic acids is 1. The van der Waals surface area contributed by atoms with Gasteiger partial charge in [0.2, 0.25) is 0 Å². The lowest BCUT2D eigenvalue weighted by atomic mass is 9.93. The molecule has 4 heteroatoms. The molecule has 0 aromatic carbocycles. The molecule has 0 radical (unpaired) electrons. The maximum absolute atomic E-state index is 11.4. The number of hydrogen-bond donors (Lipinski definition) is 1. The largest absolute Gasteiger partial charge is 0.444 e. The van der Waals surface area contributed by atoms with Crippen molar-refractivity contribution in [2.45, 2.75) is 44.8 Å². The van der Waals surface area contributed by atoms with E-state index in [1.54, 1.807) is 11.9 Å². The Morgan fingerprint density at radius 1 is 1.50 bits per heavy atom. The smallest absolute Gasteiger partial charge is 0.409 e. The van der Waals surface area contributed by atoms with E-state index in [0.717, 1.165) is 25.7 Å². The molecule has 1 fully saturated rings. The number of nitrogens with two attached hydrogens (primary N) is 1. The fourth-order valence-electron chi connectivity index (χ4n) is 1.62. The number of nitrogens with zero attached hydrogens (tertiary/aromatic N) is 1. The molecule has 0 heterocycles. The molecular formula is C10H20N2O2. The van der Waals surface area contributed by atoms with Gasteiger partial charge in [0.1, 0.15) is 6.10 Å². The first-order chi connectivity index (χ1) is 6.65.